The van der Waals surface area contributed by atoms with Crippen molar-refractivity contribution in [2.75, 3.05) is 0 Å². The standard InChI is InChI=1S/C14H19N3O2/c1-2-4-13-15-14(19-16-13)9-17-7-10-5-3-6-12(18)11(10)8-17/h7-8,12,18H,2-6,9H2,1H3. The molecule has 1 aliphatic carbocycles. The molecule has 1 unspecified atom stereocenters. The highest BCUT2D eigenvalue weighted by molar-refractivity contribution is 5.29. The van der Waals surface area contributed by atoms with Crippen molar-refractivity contribution in [3.8, 4) is 0 Å². The van der Waals surface area contributed by atoms with Crippen molar-refractivity contribution in [1.82, 2.24) is 14.7 Å². The van der Waals surface area contributed by atoms with E-state index >= 15 is 0 Å². The van der Waals surface area contributed by atoms with Gasteiger partial charge in [0.1, 0.15) is 6.54 Å². The summed E-state index contributed by atoms with van der Waals surface area (Å²) in [4.78, 5) is 4.36. The van der Waals surface area contributed by atoms with Crippen molar-refractivity contribution in [1.29, 1.82) is 0 Å². The minimum Gasteiger partial charge on any atom is -0.388 e. The molecule has 0 amide bonds. The first-order valence-corrected chi connectivity index (χ1v) is 6.94. The van der Waals surface area contributed by atoms with Gasteiger partial charge in [-0.3, -0.25) is 0 Å². The lowest BCUT2D eigenvalue weighted by Crippen LogP contribution is -2.05. The molecule has 0 radical (unpaired) electrons. The van der Waals surface area contributed by atoms with Crippen molar-refractivity contribution in [2.45, 2.75) is 51.7 Å². The third-order valence-corrected chi connectivity index (χ3v) is 3.58. The molecular weight excluding hydrogens is 242 g/mol. The summed E-state index contributed by atoms with van der Waals surface area (Å²) in [6.07, 6.45) is 8.60. The normalized spacial score (nSPS) is 18.5. The molecule has 2 heterocycles. The molecule has 0 saturated heterocycles. The van der Waals surface area contributed by atoms with Crippen LogP contribution in [0, 0.1) is 0 Å². The molecule has 2 aromatic rings. The molecular formula is C14H19N3O2. The Morgan fingerprint density at radius 2 is 2.37 bits per heavy atom. The summed E-state index contributed by atoms with van der Waals surface area (Å²) >= 11 is 0. The first-order chi connectivity index (χ1) is 9.26. The van der Waals surface area contributed by atoms with Gasteiger partial charge in [-0.25, -0.2) is 0 Å². The first-order valence-electron chi connectivity index (χ1n) is 6.94. The van der Waals surface area contributed by atoms with Crippen LogP contribution in [0.15, 0.2) is 16.9 Å². The number of fused-ring (bicyclic) bond motifs is 1. The van der Waals surface area contributed by atoms with E-state index in [4.69, 9.17) is 4.52 Å². The molecule has 1 atom stereocenters. The molecule has 102 valence electrons. The van der Waals surface area contributed by atoms with Gasteiger partial charge in [-0.2, -0.15) is 4.98 Å². The third-order valence-electron chi connectivity index (χ3n) is 3.58. The van der Waals surface area contributed by atoms with Crippen LogP contribution >= 0.6 is 0 Å². The fourth-order valence-corrected chi connectivity index (χ4v) is 2.65. The van der Waals surface area contributed by atoms with Crippen LogP contribution in [0.3, 0.4) is 0 Å². The van der Waals surface area contributed by atoms with Gasteiger partial charge in [-0.1, -0.05) is 12.1 Å². The zero-order valence-corrected chi connectivity index (χ0v) is 11.2. The van der Waals surface area contributed by atoms with Crippen molar-refractivity contribution in [3.63, 3.8) is 0 Å². The fourth-order valence-electron chi connectivity index (χ4n) is 2.65. The molecule has 0 spiro atoms. The highest BCUT2D eigenvalue weighted by atomic mass is 16.5. The van der Waals surface area contributed by atoms with Gasteiger partial charge in [0.2, 0.25) is 5.89 Å². The van der Waals surface area contributed by atoms with Crippen LogP contribution in [0.5, 0.6) is 0 Å². The van der Waals surface area contributed by atoms with Gasteiger partial charge in [-0.05, 0) is 31.2 Å². The summed E-state index contributed by atoms with van der Waals surface area (Å²) in [5.41, 5.74) is 2.30. The average molecular weight is 261 g/mol. The Hall–Kier alpha value is -1.62. The van der Waals surface area contributed by atoms with E-state index in [2.05, 4.69) is 23.3 Å². The fraction of sp³-hybridized carbons (Fsp3) is 0.571. The van der Waals surface area contributed by atoms with Crippen LogP contribution in [0.25, 0.3) is 0 Å². The SMILES string of the molecule is CCCc1noc(Cn2cc3c(c2)C(O)CCC3)n1. The predicted molar refractivity (Wildman–Crippen MR) is 69.7 cm³/mol. The Morgan fingerprint density at radius 1 is 1.47 bits per heavy atom. The topological polar surface area (TPSA) is 64.1 Å². The first kappa shape index (κ1) is 12.4. The number of aromatic nitrogens is 3. The summed E-state index contributed by atoms with van der Waals surface area (Å²) in [7, 11) is 0. The quantitative estimate of drug-likeness (QED) is 0.916. The number of aliphatic hydroxyl groups is 1. The number of hydrogen-bond acceptors (Lipinski definition) is 4. The second-order valence-corrected chi connectivity index (χ2v) is 5.17. The molecule has 1 aliphatic rings. The van der Waals surface area contributed by atoms with Crippen LogP contribution in [0.4, 0.5) is 0 Å². The van der Waals surface area contributed by atoms with Gasteiger partial charge in [0, 0.05) is 24.4 Å². The van der Waals surface area contributed by atoms with Crippen molar-refractivity contribution in [3.05, 3.63) is 35.2 Å². The van der Waals surface area contributed by atoms with E-state index in [1.807, 2.05) is 10.8 Å². The second kappa shape index (κ2) is 5.17. The highest BCUT2D eigenvalue weighted by Crippen LogP contribution is 2.30. The second-order valence-electron chi connectivity index (χ2n) is 5.17. The molecule has 2 aromatic heterocycles. The van der Waals surface area contributed by atoms with Crippen LogP contribution in [-0.4, -0.2) is 19.8 Å². The van der Waals surface area contributed by atoms with Crippen LogP contribution in [0.2, 0.25) is 0 Å². The van der Waals surface area contributed by atoms with E-state index in [1.165, 1.54) is 5.56 Å². The lowest BCUT2D eigenvalue weighted by molar-refractivity contribution is 0.157. The molecule has 19 heavy (non-hydrogen) atoms. The lowest BCUT2D eigenvalue weighted by Gasteiger charge is -2.16. The van der Waals surface area contributed by atoms with Gasteiger partial charge in [0.25, 0.3) is 0 Å². The minimum atomic E-state index is -0.316. The Morgan fingerprint density at radius 3 is 3.16 bits per heavy atom. The van der Waals surface area contributed by atoms with Crippen LogP contribution in [0.1, 0.15) is 55.1 Å². The summed E-state index contributed by atoms with van der Waals surface area (Å²) in [5, 5.41) is 13.9. The molecule has 0 bridgehead atoms. The maximum Gasteiger partial charge on any atom is 0.246 e. The maximum atomic E-state index is 9.95. The van der Waals surface area contributed by atoms with Crippen molar-refractivity contribution in [2.24, 2.45) is 0 Å². The van der Waals surface area contributed by atoms with E-state index in [-0.39, 0.29) is 6.10 Å². The molecule has 0 aliphatic heterocycles. The van der Waals surface area contributed by atoms with Gasteiger partial charge >= 0.3 is 0 Å². The van der Waals surface area contributed by atoms with Crippen LogP contribution in [-0.2, 0) is 19.4 Å². The van der Waals surface area contributed by atoms with Crippen molar-refractivity contribution < 1.29 is 9.63 Å². The van der Waals surface area contributed by atoms with E-state index in [1.54, 1.807) is 0 Å². The number of aliphatic hydroxyl groups excluding tert-OH is 1. The Labute approximate surface area is 112 Å². The van der Waals surface area contributed by atoms with Crippen molar-refractivity contribution >= 4 is 0 Å². The number of nitrogens with zero attached hydrogens (tertiary/aromatic N) is 3. The highest BCUT2D eigenvalue weighted by Gasteiger charge is 2.20. The van der Waals surface area contributed by atoms with E-state index in [0.29, 0.717) is 12.4 Å². The molecule has 5 nitrogen and oxygen atoms in total. The van der Waals surface area contributed by atoms with Gasteiger partial charge < -0.3 is 14.2 Å². The molecule has 3 rings (SSSR count). The summed E-state index contributed by atoms with van der Waals surface area (Å²) < 4.78 is 7.27. The molecule has 5 heteroatoms. The Kier molecular flexibility index (Phi) is 3.38. The third kappa shape index (κ3) is 2.56. The average Bonchev–Trinajstić information content (AvgIpc) is 2.98. The summed E-state index contributed by atoms with van der Waals surface area (Å²) in [5.74, 6) is 1.40. The zero-order chi connectivity index (χ0) is 13.2. The van der Waals surface area contributed by atoms with E-state index < -0.39 is 0 Å². The number of aryl methyl sites for hydroxylation is 2. The van der Waals surface area contributed by atoms with Crippen LogP contribution < -0.4 is 0 Å². The largest absolute Gasteiger partial charge is 0.388 e. The maximum absolute atomic E-state index is 9.95. The predicted octanol–water partition coefficient (Wildman–Crippen LogP) is 2.24. The molecule has 0 aromatic carbocycles. The molecule has 0 saturated carbocycles. The number of rotatable bonds is 4. The Balaban J connectivity index is 1.75. The van der Waals surface area contributed by atoms with E-state index in [9.17, 15) is 5.11 Å². The zero-order valence-electron chi connectivity index (χ0n) is 11.2. The van der Waals surface area contributed by atoms with Gasteiger partial charge in [0.15, 0.2) is 5.82 Å². The molecule has 0 fully saturated rings. The summed E-state index contributed by atoms with van der Waals surface area (Å²) in [6, 6.07) is 0. The van der Waals surface area contributed by atoms with Gasteiger partial charge in [0.05, 0.1) is 6.10 Å². The smallest absolute Gasteiger partial charge is 0.246 e. The molecule has 1 N–H and O–H groups in total. The number of hydrogen-bond donors (Lipinski definition) is 1. The summed E-state index contributed by atoms with van der Waals surface area (Å²) in [6.45, 7) is 2.67. The monoisotopic (exact) mass is 261 g/mol. The lowest BCUT2D eigenvalue weighted by atomic mass is 9.93. The van der Waals surface area contributed by atoms with Gasteiger partial charge in [-0.15, -0.1) is 0 Å². The minimum absolute atomic E-state index is 0.316. The Bertz CT molecular complexity index is 559. The van der Waals surface area contributed by atoms with E-state index in [0.717, 1.165) is 43.5 Å².